The number of phenols is 1. The van der Waals surface area contributed by atoms with Gasteiger partial charge in [-0.15, -0.1) is 0 Å². The first-order valence-corrected chi connectivity index (χ1v) is 7.99. The maximum atomic E-state index is 12.2. The predicted molar refractivity (Wildman–Crippen MR) is 88.3 cm³/mol. The summed E-state index contributed by atoms with van der Waals surface area (Å²) in [7, 11) is 0. The Morgan fingerprint density at radius 1 is 1.24 bits per heavy atom. The van der Waals surface area contributed by atoms with Crippen molar-refractivity contribution in [1.82, 2.24) is 5.32 Å². The highest BCUT2D eigenvalue weighted by Gasteiger charge is 2.16. The van der Waals surface area contributed by atoms with Gasteiger partial charge in [-0.1, -0.05) is 57.9 Å². The minimum atomic E-state index is -0.315. The molecule has 0 aliphatic carbocycles. The van der Waals surface area contributed by atoms with E-state index in [1.165, 1.54) is 12.1 Å². The van der Waals surface area contributed by atoms with Gasteiger partial charge in [-0.05, 0) is 30.2 Å². The van der Waals surface area contributed by atoms with Crippen LogP contribution >= 0.6 is 27.5 Å². The highest BCUT2D eigenvalue weighted by Crippen LogP contribution is 2.22. The summed E-state index contributed by atoms with van der Waals surface area (Å²) in [4.78, 5) is 12.2. The van der Waals surface area contributed by atoms with E-state index in [0.717, 1.165) is 5.56 Å². The highest BCUT2D eigenvalue weighted by molar-refractivity contribution is 9.09. The van der Waals surface area contributed by atoms with Crippen LogP contribution in [0.1, 0.15) is 15.9 Å². The van der Waals surface area contributed by atoms with Crippen LogP contribution in [0.2, 0.25) is 5.02 Å². The van der Waals surface area contributed by atoms with Crippen LogP contribution in [0.5, 0.6) is 5.75 Å². The lowest BCUT2D eigenvalue weighted by Crippen LogP contribution is -2.37. The molecular weight excluding hydrogens is 354 g/mol. The minimum absolute atomic E-state index is 0.0602. The zero-order chi connectivity index (χ0) is 15.2. The topological polar surface area (TPSA) is 49.3 Å². The predicted octanol–water partition coefficient (Wildman–Crippen LogP) is 3.78. The van der Waals surface area contributed by atoms with Gasteiger partial charge in [-0.2, -0.15) is 0 Å². The van der Waals surface area contributed by atoms with Gasteiger partial charge in [-0.3, -0.25) is 4.79 Å². The second-order valence-corrected chi connectivity index (χ2v) is 5.76. The van der Waals surface area contributed by atoms with Gasteiger partial charge >= 0.3 is 0 Å². The summed E-state index contributed by atoms with van der Waals surface area (Å²) < 4.78 is 0. The lowest BCUT2D eigenvalue weighted by molar-refractivity contribution is 0.0938. The molecule has 0 aliphatic heterocycles. The number of alkyl halides is 1. The van der Waals surface area contributed by atoms with E-state index in [0.29, 0.717) is 16.8 Å². The number of halogens is 2. The van der Waals surface area contributed by atoms with Crippen molar-refractivity contribution < 1.29 is 9.90 Å². The molecule has 2 rings (SSSR count). The fraction of sp³-hybridized carbons (Fsp3) is 0.188. The molecule has 1 unspecified atom stereocenters. The highest BCUT2D eigenvalue weighted by atomic mass is 79.9. The summed E-state index contributed by atoms with van der Waals surface area (Å²) in [6.45, 7) is 0. The van der Waals surface area contributed by atoms with Crippen molar-refractivity contribution in [3.05, 3.63) is 64.7 Å². The Morgan fingerprint density at radius 2 is 1.95 bits per heavy atom. The number of hydrogen-bond donors (Lipinski definition) is 2. The van der Waals surface area contributed by atoms with Crippen molar-refractivity contribution >= 4 is 33.4 Å². The zero-order valence-corrected chi connectivity index (χ0v) is 13.6. The van der Waals surface area contributed by atoms with E-state index in [1.807, 2.05) is 30.3 Å². The van der Waals surface area contributed by atoms with Crippen LogP contribution in [0.25, 0.3) is 0 Å². The summed E-state index contributed by atoms with van der Waals surface area (Å²) in [5.74, 6) is -0.433. The number of benzene rings is 2. The van der Waals surface area contributed by atoms with E-state index in [2.05, 4.69) is 21.2 Å². The summed E-state index contributed by atoms with van der Waals surface area (Å²) >= 11 is 9.17. The van der Waals surface area contributed by atoms with Crippen molar-refractivity contribution in [3.8, 4) is 5.75 Å². The van der Waals surface area contributed by atoms with E-state index in [9.17, 15) is 9.90 Å². The maximum absolute atomic E-state index is 12.2. The smallest absolute Gasteiger partial charge is 0.255 e. The Hall–Kier alpha value is -1.52. The summed E-state index contributed by atoms with van der Waals surface area (Å²) in [5.41, 5.74) is 1.36. The summed E-state index contributed by atoms with van der Waals surface area (Å²) in [6, 6.07) is 14.3. The molecule has 0 fully saturated rings. The van der Waals surface area contributed by atoms with E-state index in [-0.39, 0.29) is 23.3 Å². The molecule has 0 saturated carbocycles. The molecule has 1 amide bonds. The molecule has 3 nitrogen and oxygen atoms in total. The molecule has 0 aliphatic rings. The molecule has 21 heavy (non-hydrogen) atoms. The second kappa shape index (κ2) is 7.48. The van der Waals surface area contributed by atoms with Gasteiger partial charge in [0.1, 0.15) is 5.75 Å². The fourth-order valence-corrected chi connectivity index (χ4v) is 2.56. The lowest BCUT2D eigenvalue weighted by atomic mass is 10.1. The Balaban J connectivity index is 2.06. The molecule has 2 aromatic carbocycles. The molecule has 0 heterocycles. The van der Waals surface area contributed by atoms with E-state index < -0.39 is 0 Å². The van der Waals surface area contributed by atoms with Gasteiger partial charge in [0.25, 0.3) is 5.91 Å². The van der Waals surface area contributed by atoms with E-state index >= 15 is 0 Å². The molecule has 0 bridgehead atoms. The third-order valence-electron chi connectivity index (χ3n) is 3.05. The Morgan fingerprint density at radius 3 is 2.57 bits per heavy atom. The number of phenolic OH excluding ortho intramolecular Hbond substituents is 1. The SMILES string of the molecule is O=C(NC(CBr)Cc1ccccc1)c1ccc(Cl)cc1O. The average molecular weight is 369 g/mol. The van der Waals surface area contributed by atoms with Gasteiger partial charge in [0.15, 0.2) is 0 Å². The fourth-order valence-electron chi connectivity index (χ4n) is 2.00. The largest absolute Gasteiger partial charge is 0.507 e. The minimum Gasteiger partial charge on any atom is -0.507 e. The monoisotopic (exact) mass is 367 g/mol. The van der Waals surface area contributed by atoms with Crippen LogP contribution in [0.4, 0.5) is 0 Å². The van der Waals surface area contributed by atoms with Gasteiger partial charge in [0.05, 0.1) is 5.56 Å². The first-order chi connectivity index (χ1) is 10.1. The van der Waals surface area contributed by atoms with E-state index in [4.69, 9.17) is 11.6 Å². The first-order valence-electron chi connectivity index (χ1n) is 6.49. The molecule has 0 aromatic heterocycles. The maximum Gasteiger partial charge on any atom is 0.255 e. The molecule has 0 saturated heterocycles. The van der Waals surface area contributed by atoms with Crippen molar-refractivity contribution in [2.24, 2.45) is 0 Å². The van der Waals surface area contributed by atoms with Crippen LogP contribution in [-0.2, 0) is 6.42 Å². The molecule has 0 radical (unpaired) electrons. The Labute approximate surface area is 137 Å². The van der Waals surface area contributed by atoms with Crippen LogP contribution in [0.3, 0.4) is 0 Å². The molecule has 110 valence electrons. The molecule has 2 aromatic rings. The number of rotatable bonds is 5. The number of amides is 1. The zero-order valence-electron chi connectivity index (χ0n) is 11.2. The Kier molecular flexibility index (Phi) is 5.65. The van der Waals surface area contributed by atoms with Crippen LogP contribution in [-0.4, -0.2) is 22.4 Å². The standard InChI is InChI=1S/C16H15BrClNO2/c17-10-13(8-11-4-2-1-3-5-11)19-16(21)14-7-6-12(18)9-15(14)20/h1-7,9,13,20H,8,10H2,(H,19,21). The first kappa shape index (κ1) is 15.9. The number of aromatic hydroxyl groups is 1. The molecule has 2 N–H and O–H groups in total. The third kappa shape index (κ3) is 4.48. The molecule has 0 spiro atoms. The lowest BCUT2D eigenvalue weighted by Gasteiger charge is -2.17. The summed E-state index contributed by atoms with van der Waals surface area (Å²) in [5, 5.41) is 13.7. The van der Waals surface area contributed by atoms with Crippen molar-refractivity contribution in [3.63, 3.8) is 0 Å². The number of hydrogen-bond acceptors (Lipinski definition) is 2. The van der Waals surface area contributed by atoms with Crippen molar-refractivity contribution in [2.45, 2.75) is 12.5 Å². The molecule has 1 atom stereocenters. The van der Waals surface area contributed by atoms with Gasteiger partial charge in [-0.25, -0.2) is 0 Å². The van der Waals surface area contributed by atoms with Gasteiger partial charge in [0.2, 0.25) is 0 Å². The van der Waals surface area contributed by atoms with Gasteiger partial charge < -0.3 is 10.4 Å². The molecule has 5 heteroatoms. The quantitative estimate of drug-likeness (QED) is 0.789. The number of carbonyl (C=O) groups is 1. The molecular formula is C16H15BrClNO2. The normalized spacial score (nSPS) is 11.9. The summed E-state index contributed by atoms with van der Waals surface area (Å²) in [6.07, 6.45) is 0.714. The van der Waals surface area contributed by atoms with Crippen molar-refractivity contribution in [2.75, 3.05) is 5.33 Å². The third-order valence-corrected chi connectivity index (χ3v) is 4.07. The van der Waals surface area contributed by atoms with Crippen LogP contribution < -0.4 is 5.32 Å². The number of carbonyl (C=O) groups excluding carboxylic acids is 1. The van der Waals surface area contributed by atoms with Crippen LogP contribution in [0.15, 0.2) is 48.5 Å². The van der Waals surface area contributed by atoms with Gasteiger partial charge in [0, 0.05) is 16.4 Å². The second-order valence-electron chi connectivity index (χ2n) is 4.68. The average Bonchev–Trinajstić information content (AvgIpc) is 2.47. The Bertz CT molecular complexity index is 619. The number of nitrogens with one attached hydrogen (secondary N) is 1. The van der Waals surface area contributed by atoms with Crippen LogP contribution in [0, 0.1) is 0 Å². The van der Waals surface area contributed by atoms with E-state index in [1.54, 1.807) is 6.07 Å². The van der Waals surface area contributed by atoms with Crippen molar-refractivity contribution in [1.29, 1.82) is 0 Å².